The van der Waals surface area contributed by atoms with Gasteiger partial charge in [-0.1, -0.05) is 145 Å². The molecule has 0 fully saturated rings. The SMILES string of the molecule is CCCCCCCCCCCCCCCCOS(=O)(=O)OC(C)c1ccc(-c2ccccc2)cc1.[NaH]. The molecule has 1 atom stereocenters. The van der Waals surface area contributed by atoms with E-state index < -0.39 is 16.5 Å². The first kappa shape index (κ1) is 33.3. The van der Waals surface area contributed by atoms with E-state index >= 15 is 0 Å². The van der Waals surface area contributed by atoms with Crippen molar-refractivity contribution in [2.75, 3.05) is 6.61 Å². The second-order valence-electron chi connectivity index (χ2n) is 9.55. The van der Waals surface area contributed by atoms with Gasteiger partial charge in [-0.25, -0.2) is 8.37 Å². The van der Waals surface area contributed by atoms with E-state index in [9.17, 15) is 8.42 Å². The van der Waals surface area contributed by atoms with Gasteiger partial charge in [-0.2, -0.15) is 8.42 Å². The number of unbranched alkanes of at least 4 members (excludes halogenated alkanes) is 13. The minimum absolute atomic E-state index is 0. The maximum atomic E-state index is 12.2. The molecule has 0 saturated carbocycles. The fraction of sp³-hybridized carbons (Fsp3) is 0.600. The van der Waals surface area contributed by atoms with Crippen LogP contribution in [0, 0.1) is 0 Å². The molecule has 1 unspecified atom stereocenters. The summed E-state index contributed by atoms with van der Waals surface area (Å²) in [6.07, 6.45) is 17.1. The van der Waals surface area contributed by atoms with Gasteiger partial charge < -0.3 is 0 Å². The third-order valence-corrected chi connectivity index (χ3v) is 7.45. The van der Waals surface area contributed by atoms with Gasteiger partial charge in [-0.15, -0.1) is 0 Å². The second kappa shape index (κ2) is 20.3. The van der Waals surface area contributed by atoms with Crippen molar-refractivity contribution in [3.63, 3.8) is 0 Å². The Morgan fingerprint density at radius 2 is 1.08 bits per heavy atom. The van der Waals surface area contributed by atoms with Gasteiger partial charge >= 0.3 is 40.0 Å². The third kappa shape index (κ3) is 14.9. The molecule has 6 heteroatoms. The Bertz CT molecular complexity index is 885. The Balaban J connectivity index is 0.00000648. The zero-order chi connectivity index (χ0) is 25.2. The molecule has 0 aliphatic carbocycles. The molecule has 0 radical (unpaired) electrons. The standard InChI is InChI=1S/C30H46O4S.Na.H/c1-3-4-5-6-7-8-9-10-11-12-13-14-15-19-26-33-35(31,32)34-27(2)28-22-24-30(25-23-28)29-20-17-16-18-21-29;;/h16-18,20-25,27H,3-15,19,26H2,1-2H3;;. The molecule has 0 N–H and O–H groups in total. The molecule has 2 rings (SSSR count). The monoisotopic (exact) mass is 526 g/mol. The van der Waals surface area contributed by atoms with Crippen molar-refractivity contribution in [1.29, 1.82) is 0 Å². The summed E-state index contributed by atoms with van der Waals surface area (Å²) in [6.45, 7) is 4.17. The number of hydrogen-bond donors (Lipinski definition) is 0. The Kier molecular flexibility index (Phi) is 18.8. The van der Waals surface area contributed by atoms with Gasteiger partial charge in [0.15, 0.2) is 0 Å². The van der Waals surface area contributed by atoms with Gasteiger partial charge in [0.05, 0.1) is 6.61 Å². The van der Waals surface area contributed by atoms with E-state index in [1.165, 1.54) is 70.6 Å². The van der Waals surface area contributed by atoms with Crippen molar-refractivity contribution in [2.24, 2.45) is 0 Å². The van der Waals surface area contributed by atoms with Crippen LogP contribution in [-0.4, -0.2) is 44.6 Å². The molecule has 2 aromatic rings. The Hall–Kier alpha value is -0.690. The van der Waals surface area contributed by atoms with E-state index in [1.807, 2.05) is 54.6 Å². The predicted octanol–water partition coefficient (Wildman–Crippen LogP) is 8.53. The minimum atomic E-state index is -4.01. The first-order chi connectivity index (χ1) is 17.0. The van der Waals surface area contributed by atoms with E-state index in [0.29, 0.717) is 0 Å². The molecular weight excluding hydrogens is 479 g/mol. The molecule has 0 heterocycles. The van der Waals surface area contributed by atoms with E-state index in [1.54, 1.807) is 6.92 Å². The topological polar surface area (TPSA) is 52.6 Å². The number of rotatable bonds is 20. The van der Waals surface area contributed by atoms with Crippen molar-refractivity contribution >= 4 is 40.0 Å². The van der Waals surface area contributed by atoms with Crippen LogP contribution in [0.2, 0.25) is 0 Å². The van der Waals surface area contributed by atoms with Gasteiger partial charge in [-0.05, 0) is 30.0 Å². The maximum absolute atomic E-state index is 12.2. The van der Waals surface area contributed by atoms with Gasteiger partial charge in [0, 0.05) is 0 Å². The fourth-order valence-electron chi connectivity index (χ4n) is 4.29. The summed E-state index contributed by atoms with van der Waals surface area (Å²) in [5, 5.41) is 0. The normalized spacial score (nSPS) is 12.3. The van der Waals surface area contributed by atoms with Gasteiger partial charge in [0.2, 0.25) is 0 Å². The molecular formula is C30H47NaO4S. The van der Waals surface area contributed by atoms with Gasteiger partial charge in [-0.3, -0.25) is 0 Å². The molecule has 0 aliphatic rings. The van der Waals surface area contributed by atoms with Gasteiger partial charge in [0.1, 0.15) is 6.10 Å². The molecule has 4 nitrogen and oxygen atoms in total. The van der Waals surface area contributed by atoms with E-state index in [4.69, 9.17) is 8.37 Å². The molecule has 36 heavy (non-hydrogen) atoms. The van der Waals surface area contributed by atoms with Crippen LogP contribution in [0.3, 0.4) is 0 Å². The summed E-state index contributed by atoms with van der Waals surface area (Å²) in [5.74, 6) is 0. The average Bonchev–Trinajstić information content (AvgIpc) is 2.86. The molecule has 0 bridgehead atoms. The molecule has 2 aromatic carbocycles. The average molecular weight is 527 g/mol. The molecule has 0 aliphatic heterocycles. The van der Waals surface area contributed by atoms with E-state index in [-0.39, 0.29) is 36.2 Å². The van der Waals surface area contributed by atoms with Gasteiger partial charge in [0.25, 0.3) is 0 Å². The Morgan fingerprint density at radius 3 is 1.58 bits per heavy atom. The van der Waals surface area contributed by atoms with E-state index in [2.05, 4.69) is 6.92 Å². The molecule has 0 aromatic heterocycles. The van der Waals surface area contributed by atoms with Crippen LogP contribution >= 0.6 is 0 Å². The summed E-state index contributed by atoms with van der Waals surface area (Å²) in [7, 11) is -4.01. The molecule has 0 saturated heterocycles. The zero-order valence-electron chi connectivity index (χ0n) is 21.9. The van der Waals surface area contributed by atoms with Crippen LogP contribution in [0.5, 0.6) is 0 Å². The van der Waals surface area contributed by atoms with Crippen molar-refractivity contribution in [3.05, 3.63) is 60.2 Å². The van der Waals surface area contributed by atoms with Crippen molar-refractivity contribution in [2.45, 2.75) is 110 Å². The summed E-state index contributed by atoms with van der Waals surface area (Å²) < 4.78 is 34.7. The summed E-state index contributed by atoms with van der Waals surface area (Å²) in [5.41, 5.74) is 3.00. The van der Waals surface area contributed by atoms with Crippen LogP contribution in [0.15, 0.2) is 54.6 Å². The molecule has 198 valence electrons. The van der Waals surface area contributed by atoms with Crippen molar-refractivity contribution < 1.29 is 16.8 Å². The fourth-order valence-corrected chi connectivity index (χ4v) is 5.14. The molecule has 0 spiro atoms. The zero-order valence-corrected chi connectivity index (χ0v) is 22.7. The van der Waals surface area contributed by atoms with Crippen LogP contribution in [0.1, 0.15) is 115 Å². The molecule has 0 amide bonds. The predicted molar refractivity (Wildman–Crippen MR) is 154 cm³/mol. The van der Waals surface area contributed by atoms with Crippen LogP contribution in [0.25, 0.3) is 11.1 Å². The van der Waals surface area contributed by atoms with Crippen molar-refractivity contribution in [3.8, 4) is 11.1 Å². The first-order valence-corrected chi connectivity index (χ1v) is 15.1. The van der Waals surface area contributed by atoms with Crippen LogP contribution < -0.4 is 0 Å². The summed E-state index contributed by atoms with van der Waals surface area (Å²) in [4.78, 5) is 0. The number of benzene rings is 2. The van der Waals surface area contributed by atoms with E-state index in [0.717, 1.165) is 36.0 Å². The summed E-state index contributed by atoms with van der Waals surface area (Å²) in [6, 6.07) is 17.8. The second-order valence-corrected chi connectivity index (χ2v) is 10.8. The van der Waals surface area contributed by atoms with Crippen LogP contribution in [-0.2, 0) is 18.8 Å². The third-order valence-electron chi connectivity index (χ3n) is 6.47. The Labute approximate surface area is 243 Å². The van der Waals surface area contributed by atoms with Crippen LogP contribution in [0.4, 0.5) is 0 Å². The summed E-state index contributed by atoms with van der Waals surface area (Å²) >= 11 is 0. The number of hydrogen-bond acceptors (Lipinski definition) is 4. The van der Waals surface area contributed by atoms with Crippen molar-refractivity contribution in [1.82, 2.24) is 0 Å². The Morgan fingerprint density at radius 1 is 0.639 bits per heavy atom. The first-order valence-electron chi connectivity index (χ1n) is 13.7. The quantitative estimate of drug-likeness (QED) is 0.128.